The van der Waals surface area contributed by atoms with Crippen LogP contribution in [0.4, 0.5) is 8.78 Å². The normalized spacial score (nSPS) is 10.2. The van der Waals surface area contributed by atoms with E-state index in [4.69, 9.17) is 10.5 Å². The molecule has 0 radical (unpaired) electrons. The minimum Gasteiger partial charge on any atom is -0.486 e. The van der Waals surface area contributed by atoms with Gasteiger partial charge in [-0.2, -0.15) is 0 Å². The van der Waals surface area contributed by atoms with E-state index in [2.05, 4.69) is 0 Å². The largest absolute Gasteiger partial charge is 0.486 e. The summed E-state index contributed by atoms with van der Waals surface area (Å²) in [6.07, 6.45) is 0. The molecule has 0 fully saturated rings. The second-order valence-electron chi connectivity index (χ2n) is 2.69. The average Bonchev–Trinajstić information content (AvgIpc) is 2.02. The van der Waals surface area contributed by atoms with E-state index in [1.807, 2.05) is 0 Å². The van der Waals surface area contributed by atoms with Crippen molar-refractivity contribution in [3.05, 3.63) is 29.3 Å². The van der Waals surface area contributed by atoms with Crippen LogP contribution in [0.5, 0.6) is 5.75 Å². The minimum absolute atomic E-state index is 0.108. The first-order valence-corrected chi connectivity index (χ1v) is 3.93. The van der Waals surface area contributed by atoms with Crippen LogP contribution in [-0.4, -0.2) is 13.2 Å². The highest BCUT2D eigenvalue weighted by Gasteiger charge is 2.10. The molecule has 0 aromatic heterocycles. The first-order chi connectivity index (χ1) is 6.15. The number of hydrogen-bond acceptors (Lipinski definition) is 2. The highest BCUT2D eigenvalue weighted by Crippen LogP contribution is 2.22. The molecule has 0 bridgehead atoms. The maximum Gasteiger partial charge on any atom is 0.190 e. The van der Waals surface area contributed by atoms with Gasteiger partial charge >= 0.3 is 0 Å². The summed E-state index contributed by atoms with van der Waals surface area (Å²) in [5.74, 6) is -1.73. The minimum atomic E-state index is -0.689. The zero-order valence-corrected chi connectivity index (χ0v) is 7.31. The van der Waals surface area contributed by atoms with E-state index < -0.39 is 11.6 Å². The third-order valence-corrected chi connectivity index (χ3v) is 1.51. The van der Waals surface area contributed by atoms with Crippen LogP contribution in [0.1, 0.15) is 5.56 Å². The molecule has 1 aromatic carbocycles. The van der Waals surface area contributed by atoms with E-state index in [-0.39, 0.29) is 18.9 Å². The number of ether oxygens (including phenoxy) is 1. The van der Waals surface area contributed by atoms with Crippen molar-refractivity contribution < 1.29 is 13.5 Å². The Labute approximate surface area is 75.3 Å². The number of rotatable bonds is 3. The van der Waals surface area contributed by atoms with Crippen molar-refractivity contribution in [2.45, 2.75) is 6.92 Å². The van der Waals surface area contributed by atoms with Gasteiger partial charge in [0.05, 0.1) is 0 Å². The lowest BCUT2D eigenvalue weighted by atomic mass is 10.2. The molecular weight excluding hydrogens is 176 g/mol. The molecule has 0 aliphatic heterocycles. The van der Waals surface area contributed by atoms with Crippen LogP contribution >= 0.6 is 0 Å². The molecule has 1 rings (SSSR count). The number of aryl methyl sites for hydroxylation is 1. The first kappa shape index (κ1) is 9.92. The van der Waals surface area contributed by atoms with Crippen LogP contribution in [0, 0.1) is 18.6 Å². The standard InChI is InChI=1S/C9H11F2NO/c1-6-4-7(10)9(8(11)5-6)13-3-2-12/h4-5H,2-3,12H2,1H3. The second kappa shape index (κ2) is 4.18. The predicted molar refractivity (Wildman–Crippen MR) is 45.6 cm³/mol. The molecule has 0 heterocycles. The lowest BCUT2D eigenvalue weighted by Crippen LogP contribution is -2.12. The summed E-state index contributed by atoms with van der Waals surface area (Å²) in [5.41, 5.74) is 5.66. The highest BCUT2D eigenvalue weighted by atomic mass is 19.1. The molecule has 0 spiro atoms. The molecule has 2 N–H and O–H groups in total. The van der Waals surface area contributed by atoms with Crippen molar-refractivity contribution in [3.63, 3.8) is 0 Å². The quantitative estimate of drug-likeness (QED) is 0.780. The van der Waals surface area contributed by atoms with Crippen molar-refractivity contribution >= 4 is 0 Å². The van der Waals surface area contributed by atoms with Gasteiger partial charge in [-0.15, -0.1) is 0 Å². The lowest BCUT2D eigenvalue weighted by molar-refractivity contribution is 0.293. The summed E-state index contributed by atoms with van der Waals surface area (Å²) in [6, 6.07) is 2.43. The lowest BCUT2D eigenvalue weighted by Gasteiger charge is -2.07. The van der Waals surface area contributed by atoms with Crippen LogP contribution in [-0.2, 0) is 0 Å². The summed E-state index contributed by atoms with van der Waals surface area (Å²) in [5, 5.41) is 0. The van der Waals surface area contributed by atoms with E-state index in [0.717, 1.165) is 0 Å². The van der Waals surface area contributed by atoms with E-state index >= 15 is 0 Å². The molecule has 0 aliphatic carbocycles. The molecule has 0 saturated carbocycles. The SMILES string of the molecule is Cc1cc(F)c(OCCN)c(F)c1. The highest BCUT2D eigenvalue weighted by molar-refractivity contribution is 5.30. The molecule has 0 aliphatic rings. The van der Waals surface area contributed by atoms with Crippen molar-refractivity contribution in [3.8, 4) is 5.75 Å². The third kappa shape index (κ3) is 2.39. The zero-order valence-electron chi connectivity index (χ0n) is 7.31. The fourth-order valence-corrected chi connectivity index (χ4v) is 0.985. The Morgan fingerprint density at radius 1 is 1.31 bits per heavy atom. The molecule has 0 saturated heterocycles. The van der Waals surface area contributed by atoms with Crippen LogP contribution in [0.15, 0.2) is 12.1 Å². The average molecular weight is 187 g/mol. The number of hydrogen-bond donors (Lipinski definition) is 1. The fourth-order valence-electron chi connectivity index (χ4n) is 0.985. The number of halogens is 2. The third-order valence-electron chi connectivity index (χ3n) is 1.51. The van der Waals surface area contributed by atoms with Crippen molar-refractivity contribution in [2.24, 2.45) is 5.73 Å². The Morgan fingerprint density at radius 2 is 1.85 bits per heavy atom. The van der Waals surface area contributed by atoms with E-state index in [0.29, 0.717) is 5.56 Å². The van der Waals surface area contributed by atoms with Gasteiger partial charge in [0, 0.05) is 6.54 Å². The number of nitrogens with two attached hydrogens (primary N) is 1. The van der Waals surface area contributed by atoms with E-state index in [1.165, 1.54) is 12.1 Å². The van der Waals surface area contributed by atoms with Gasteiger partial charge in [0.25, 0.3) is 0 Å². The van der Waals surface area contributed by atoms with E-state index in [1.54, 1.807) is 6.92 Å². The van der Waals surface area contributed by atoms with Gasteiger partial charge in [0.15, 0.2) is 17.4 Å². The van der Waals surface area contributed by atoms with Crippen molar-refractivity contribution in [2.75, 3.05) is 13.2 Å². The molecular formula is C9H11F2NO. The first-order valence-electron chi connectivity index (χ1n) is 3.93. The van der Waals surface area contributed by atoms with Crippen LogP contribution < -0.4 is 10.5 Å². The Balaban J connectivity index is 2.92. The molecule has 1 aromatic rings. The van der Waals surface area contributed by atoms with Crippen LogP contribution in [0.3, 0.4) is 0 Å². The molecule has 2 nitrogen and oxygen atoms in total. The Bertz CT molecular complexity index is 279. The summed E-state index contributed by atoms with van der Waals surface area (Å²) >= 11 is 0. The Kier molecular flexibility index (Phi) is 3.19. The topological polar surface area (TPSA) is 35.2 Å². The van der Waals surface area contributed by atoms with Gasteiger partial charge in [-0.05, 0) is 24.6 Å². The van der Waals surface area contributed by atoms with Crippen molar-refractivity contribution in [1.82, 2.24) is 0 Å². The summed E-state index contributed by atoms with van der Waals surface area (Å²) in [6.45, 7) is 1.95. The van der Waals surface area contributed by atoms with Crippen LogP contribution in [0.2, 0.25) is 0 Å². The fraction of sp³-hybridized carbons (Fsp3) is 0.333. The zero-order chi connectivity index (χ0) is 9.84. The van der Waals surface area contributed by atoms with Gasteiger partial charge < -0.3 is 10.5 Å². The maximum absolute atomic E-state index is 13.0. The van der Waals surface area contributed by atoms with Gasteiger partial charge in [-0.3, -0.25) is 0 Å². The summed E-state index contributed by atoms with van der Waals surface area (Å²) < 4.78 is 30.9. The van der Waals surface area contributed by atoms with Crippen molar-refractivity contribution in [1.29, 1.82) is 0 Å². The van der Waals surface area contributed by atoms with Gasteiger partial charge in [-0.25, -0.2) is 8.78 Å². The molecule has 0 amide bonds. The molecule has 0 unspecified atom stereocenters. The second-order valence-corrected chi connectivity index (χ2v) is 2.69. The van der Waals surface area contributed by atoms with Crippen LogP contribution in [0.25, 0.3) is 0 Å². The monoisotopic (exact) mass is 187 g/mol. The molecule has 4 heteroatoms. The molecule has 13 heavy (non-hydrogen) atoms. The smallest absolute Gasteiger partial charge is 0.190 e. The predicted octanol–water partition coefficient (Wildman–Crippen LogP) is 1.61. The number of benzene rings is 1. The Morgan fingerprint density at radius 3 is 2.31 bits per heavy atom. The summed E-state index contributed by atoms with van der Waals surface area (Å²) in [7, 11) is 0. The maximum atomic E-state index is 13.0. The van der Waals surface area contributed by atoms with Gasteiger partial charge in [0.1, 0.15) is 6.61 Å². The summed E-state index contributed by atoms with van der Waals surface area (Å²) in [4.78, 5) is 0. The van der Waals surface area contributed by atoms with Gasteiger partial charge in [-0.1, -0.05) is 0 Å². The molecule has 72 valence electrons. The molecule has 0 atom stereocenters. The van der Waals surface area contributed by atoms with E-state index in [9.17, 15) is 8.78 Å². The Hall–Kier alpha value is -1.16. The van der Waals surface area contributed by atoms with Gasteiger partial charge in [0.2, 0.25) is 0 Å².